The molecule has 198 valence electrons. The zero-order chi connectivity index (χ0) is 25.9. The third kappa shape index (κ3) is 5.88. The first-order valence-corrected chi connectivity index (χ1v) is 13.4. The minimum absolute atomic E-state index is 0.0145. The molecule has 1 amide bonds. The predicted molar refractivity (Wildman–Crippen MR) is 145 cm³/mol. The number of fused-ring (bicyclic) bond motifs is 1. The number of amides is 1. The molecule has 2 aliphatic rings. The van der Waals surface area contributed by atoms with E-state index in [1.165, 1.54) is 0 Å². The highest BCUT2D eigenvalue weighted by Gasteiger charge is 2.25. The monoisotopic (exact) mass is 506 g/mol. The number of ether oxygens (including phenoxy) is 1. The first-order valence-electron chi connectivity index (χ1n) is 13.4. The number of aromatic nitrogens is 3. The molecule has 1 atom stereocenters. The van der Waals surface area contributed by atoms with Crippen LogP contribution in [0.1, 0.15) is 55.5 Å². The summed E-state index contributed by atoms with van der Waals surface area (Å²) in [5, 5.41) is 24.7. The minimum atomic E-state index is -0.115. The van der Waals surface area contributed by atoms with Gasteiger partial charge in [0.15, 0.2) is 5.65 Å². The van der Waals surface area contributed by atoms with Crippen LogP contribution in [0.15, 0.2) is 30.5 Å². The fourth-order valence-corrected chi connectivity index (χ4v) is 4.76. The van der Waals surface area contributed by atoms with Crippen molar-refractivity contribution in [3.63, 3.8) is 0 Å². The van der Waals surface area contributed by atoms with Crippen molar-refractivity contribution < 1.29 is 14.6 Å². The van der Waals surface area contributed by atoms with E-state index in [0.717, 1.165) is 73.6 Å². The van der Waals surface area contributed by atoms with Crippen molar-refractivity contribution in [2.45, 2.75) is 58.5 Å². The molecule has 1 unspecified atom stereocenters. The molecule has 37 heavy (non-hydrogen) atoms. The summed E-state index contributed by atoms with van der Waals surface area (Å²) in [6.45, 7) is 8.57. The van der Waals surface area contributed by atoms with Crippen molar-refractivity contribution in [2.75, 3.05) is 37.0 Å². The number of aliphatic hydroxyl groups excluding tert-OH is 1. The topological polar surface area (TPSA) is 113 Å². The number of carbonyl (C=O) groups is 1. The average Bonchev–Trinajstić information content (AvgIpc) is 3.61. The van der Waals surface area contributed by atoms with Gasteiger partial charge >= 0.3 is 0 Å². The van der Waals surface area contributed by atoms with Gasteiger partial charge in [-0.2, -0.15) is 9.61 Å². The summed E-state index contributed by atoms with van der Waals surface area (Å²) in [6, 6.07) is 8.05. The van der Waals surface area contributed by atoms with E-state index in [1.54, 1.807) is 0 Å². The Morgan fingerprint density at radius 2 is 1.97 bits per heavy atom. The molecule has 2 aromatic heterocycles. The van der Waals surface area contributed by atoms with Gasteiger partial charge in [-0.25, -0.2) is 4.98 Å². The van der Waals surface area contributed by atoms with Crippen LogP contribution in [0.25, 0.3) is 16.8 Å². The second-order valence-corrected chi connectivity index (χ2v) is 10.7. The van der Waals surface area contributed by atoms with Crippen molar-refractivity contribution in [2.24, 2.45) is 11.8 Å². The van der Waals surface area contributed by atoms with E-state index in [0.29, 0.717) is 23.3 Å². The fraction of sp³-hybridized carbons (Fsp3) is 0.536. The van der Waals surface area contributed by atoms with Gasteiger partial charge in [-0.05, 0) is 61.6 Å². The minimum Gasteiger partial charge on any atom is -0.394 e. The Morgan fingerprint density at radius 3 is 2.65 bits per heavy atom. The first-order chi connectivity index (χ1) is 17.9. The molecule has 1 saturated heterocycles. The Balaban J connectivity index is 1.48. The van der Waals surface area contributed by atoms with Gasteiger partial charge in [0.2, 0.25) is 0 Å². The second kappa shape index (κ2) is 11.1. The number of anilines is 2. The lowest BCUT2D eigenvalue weighted by atomic mass is 10.0. The molecule has 1 saturated carbocycles. The van der Waals surface area contributed by atoms with Crippen LogP contribution in [0, 0.1) is 18.8 Å². The third-order valence-corrected chi connectivity index (χ3v) is 7.41. The lowest BCUT2D eigenvalue weighted by molar-refractivity contribution is 0.0699. The number of benzene rings is 1. The fourth-order valence-electron chi connectivity index (χ4n) is 4.76. The number of nitrogens with zero attached hydrogens (tertiary/aromatic N) is 3. The lowest BCUT2D eigenvalue weighted by Gasteiger charge is -2.24. The van der Waals surface area contributed by atoms with E-state index >= 15 is 0 Å². The van der Waals surface area contributed by atoms with Crippen LogP contribution >= 0.6 is 0 Å². The van der Waals surface area contributed by atoms with Crippen molar-refractivity contribution in [3.8, 4) is 11.1 Å². The highest BCUT2D eigenvalue weighted by molar-refractivity contribution is 5.97. The van der Waals surface area contributed by atoms with Crippen molar-refractivity contribution >= 4 is 23.2 Å². The van der Waals surface area contributed by atoms with Crippen molar-refractivity contribution in [1.82, 2.24) is 19.9 Å². The molecular formula is C28H38N6O3. The van der Waals surface area contributed by atoms with Crippen molar-refractivity contribution in [1.29, 1.82) is 0 Å². The molecular weight excluding hydrogens is 468 g/mol. The number of hydrogen-bond acceptors (Lipinski definition) is 7. The number of carbonyl (C=O) groups excluding carboxylic acids is 1. The van der Waals surface area contributed by atoms with E-state index in [2.05, 4.69) is 34.9 Å². The van der Waals surface area contributed by atoms with Crippen LogP contribution < -0.4 is 16.0 Å². The second-order valence-electron chi connectivity index (χ2n) is 10.7. The number of hydrogen-bond donors (Lipinski definition) is 4. The molecule has 9 heteroatoms. The number of aliphatic hydroxyl groups is 1. The first kappa shape index (κ1) is 25.5. The Morgan fingerprint density at radius 1 is 1.19 bits per heavy atom. The SMILES string of the molecule is Cc1cc(-c2cnn3c(NCC4CCOCC4)cc(NC(CO)C(C)C)nc23)ccc1C(=O)NC1CC1. The standard InChI is InChI=1S/C28H38N6O3/c1-17(2)24(16-35)32-25-13-26(29-14-19-8-10-37-11-9-19)34-27(33-25)23(15-30-34)20-4-7-22(18(3)12-20)28(36)31-21-5-6-21/h4,7,12-13,15,17,19,21,24,29,35H,5-6,8-11,14,16H2,1-3H3,(H,31,36)(H,32,33). The molecule has 4 N–H and O–H groups in total. The van der Waals surface area contributed by atoms with Gasteiger partial charge in [0.05, 0.1) is 18.8 Å². The summed E-state index contributed by atoms with van der Waals surface area (Å²) in [6.07, 6.45) is 6.03. The van der Waals surface area contributed by atoms with Crippen LogP contribution in [-0.4, -0.2) is 64.1 Å². The maximum Gasteiger partial charge on any atom is 0.251 e. The summed E-state index contributed by atoms with van der Waals surface area (Å²) < 4.78 is 7.35. The summed E-state index contributed by atoms with van der Waals surface area (Å²) >= 11 is 0. The molecule has 2 fully saturated rings. The van der Waals surface area contributed by atoms with Gasteiger partial charge in [-0.1, -0.05) is 26.0 Å². The van der Waals surface area contributed by atoms with E-state index in [9.17, 15) is 9.90 Å². The highest BCUT2D eigenvalue weighted by Crippen LogP contribution is 2.30. The molecule has 1 aromatic carbocycles. The lowest BCUT2D eigenvalue weighted by Crippen LogP contribution is -2.30. The zero-order valence-corrected chi connectivity index (χ0v) is 22.0. The van der Waals surface area contributed by atoms with Gasteiger partial charge in [-0.3, -0.25) is 4.79 Å². The molecule has 3 heterocycles. The van der Waals surface area contributed by atoms with Crippen LogP contribution in [-0.2, 0) is 4.74 Å². The average molecular weight is 507 g/mol. The summed E-state index contributed by atoms with van der Waals surface area (Å²) in [4.78, 5) is 17.5. The third-order valence-electron chi connectivity index (χ3n) is 7.41. The number of nitrogens with one attached hydrogen (secondary N) is 3. The van der Waals surface area contributed by atoms with Gasteiger partial charge in [0, 0.05) is 43.0 Å². The van der Waals surface area contributed by atoms with Crippen LogP contribution in [0.3, 0.4) is 0 Å². The van der Waals surface area contributed by atoms with Gasteiger partial charge in [0.25, 0.3) is 5.91 Å². The van der Waals surface area contributed by atoms with E-state index < -0.39 is 0 Å². The highest BCUT2D eigenvalue weighted by atomic mass is 16.5. The smallest absolute Gasteiger partial charge is 0.251 e. The summed E-state index contributed by atoms with van der Waals surface area (Å²) in [7, 11) is 0. The van der Waals surface area contributed by atoms with Crippen molar-refractivity contribution in [3.05, 3.63) is 41.6 Å². The largest absolute Gasteiger partial charge is 0.394 e. The Hall–Kier alpha value is -3.17. The van der Waals surface area contributed by atoms with Gasteiger partial charge in [-0.15, -0.1) is 0 Å². The zero-order valence-electron chi connectivity index (χ0n) is 22.0. The summed E-state index contributed by atoms with van der Waals surface area (Å²) in [5.41, 5.74) is 4.18. The van der Waals surface area contributed by atoms with E-state index in [-0.39, 0.29) is 24.5 Å². The Labute approximate surface area is 218 Å². The molecule has 0 radical (unpaired) electrons. The Kier molecular flexibility index (Phi) is 7.62. The van der Waals surface area contributed by atoms with Gasteiger partial charge in [0.1, 0.15) is 11.6 Å². The maximum absolute atomic E-state index is 12.6. The van der Waals surface area contributed by atoms with Crippen LogP contribution in [0.4, 0.5) is 11.6 Å². The number of rotatable bonds is 10. The molecule has 1 aliphatic heterocycles. The maximum atomic E-state index is 12.6. The Bertz CT molecular complexity index is 1250. The molecule has 5 rings (SSSR count). The van der Waals surface area contributed by atoms with E-state index in [1.807, 2.05) is 41.9 Å². The van der Waals surface area contributed by atoms with E-state index in [4.69, 9.17) is 9.72 Å². The van der Waals surface area contributed by atoms with Gasteiger partial charge < -0.3 is 25.8 Å². The molecule has 9 nitrogen and oxygen atoms in total. The predicted octanol–water partition coefficient (Wildman–Crippen LogP) is 3.86. The molecule has 0 spiro atoms. The number of aryl methyl sites for hydroxylation is 1. The van der Waals surface area contributed by atoms with Crippen LogP contribution in [0.2, 0.25) is 0 Å². The molecule has 0 bridgehead atoms. The molecule has 3 aromatic rings. The summed E-state index contributed by atoms with van der Waals surface area (Å²) in [5.74, 6) is 2.31. The van der Waals surface area contributed by atoms with Crippen LogP contribution in [0.5, 0.6) is 0 Å². The normalized spacial score (nSPS) is 17.2. The molecule has 1 aliphatic carbocycles. The quantitative estimate of drug-likeness (QED) is 0.330.